The van der Waals surface area contributed by atoms with E-state index in [1.807, 2.05) is 0 Å². The lowest BCUT2D eigenvalue weighted by Gasteiger charge is -1.99. The summed E-state index contributed by atoms with van der Waals surface area (Å²) in [6.07, 6.45) is -3.72. The summed E-state index contributed by atoms with van der Waals surface area (Å²) >= 11 is 9.91. The molecule has 0 heterocycles. The van der Waals surface area contributed by atoms with Gasteiger partial charge in [0.05, 0.1) is 0 Å². The lowest BCUT2D eigenvalue weighted by molar-refractivity contribution is 0.0509. The summed E-state index contributed by atoms with van der Waals surface area (Å²) in [4.78, 5) is 20.5. The van der Waals surface area contributed by atoms with Crippen LogP contribution in [0.15, 0.2) is 0 Å². The molecule has 0 aromatic rings. The lowest BCUT2D eigenvalue weighted by atomic mass is 10.3. The van der Waals surface area contributed by atoms with Crippen molar-refractivity contribution in [1.82, 2.24) is 0 Å². The topological polar surface area (TPSA) is 102 Å². The van der Waals surface area contributed by atoms with Gasteiger partial charge in [-0.05, 0) is 13.8 Å². The van der Waals surface area contributed by atoms with Gasteiger partial charge in [0.25, 0.3) is 0 Å². The Labute approximate surface area is 120 Å². The van der Waals surface area contributed by atoms with Crippen LogP contribution in [0.4, 0.5) is 9.59 Å². The van der Waals surface area contributed by atoms with Gasteiger partial charge in [-0.1, -0.05) is 35.0 Å². The second kappa shape index (κ2) is 13.2. The van der Waals surface area contributed by atoms with Gasteiger partial charge >= 0.3 is 12.3 Å². The molecule has 0 aromatic heterocycles. The van der Waals surface area contributed by atoms with E-state index in [0.29, 0.717) is 0 Å². The van der Waals surface area contributed by atoms with E-state index >= 15 is 0 Å². The first-order valence-electron chi connectivity index (χ1n) is 4.84. The molecule has 0 aliphatic carbocycles. The van der Waals surface area contributed by atoms with E-state index in [0.717, 1.165) is 0 Å². The third-order valence-corrected chi connectivity index (χ3v) is 1.23. The normalized spacial score (nSPS) is 11.7. The van der Waals surface area contributed by atoms with Crippen LogP contribution in [0, 0.1) is 11.8 Å². The first kappa shape index (κ1) is 20.1. The molecule has 0 fully saturated rings. The summed E-state index contributed by atoms with van der Waals surface area (Å²) in [5.41, 5.74) is 0. The Bertz CT molecular complexity index is 292. The second-order valence-corrected chi connectivity index (χ2v) is 3.19. The molecule has 0 aliphatic heterocycles. The highest BCUT2D eigenvalue weighted by Gasteiger charge is 2.11. The van der Waals surface area contributed by atoms with Crippen LogP contribution in [0.1, 0.15) is 13.8 Å². The summed E-state index contributed by atoms with van der Waals surface area (Å²) in [6, 6.07) is -0.792. The summed E-state index contributed by atoms with van der Waals surface area (Å²) in [6.45, 7) is 3.10. The SMILES string of the molecule is CC(O)C#CC(C)O.O=C(OCCl)OC(=O)OCCl. The fraction of sp³-hybridized carbons (Fsp3) is 0.600. The molecule has 0 rings (SSSR count). The molecule has 0 aliphatic rings. The van der Waals surface area contributed by atoms with Crippen molar-refractivity contribution in [2.45, 2.75) is 26.1 Å². The van der Waals surface area contributed by atoms with Gasteiger partial charge in [0.2, 0.25) is 0 Å². The molecule has 7 nitrogen and oxygen atoms in total. The van der Waals surface area contributed by atoms with Gasteiger partial charge in [-0.2, -0.15) is 0 Å². The molecule has 2 N–H and O–H groups in total. The Kier molecular flexibility index (Phi) is 14.0. The Hall–Kier alpha value is -1.20. The van der Waals surface area contributed by atoms with Gasteiger partial charge in [-0.15, -0.1) is 0 Å². The van der Waals surface area contributed by atoms with Gasteiger partial charge in [-0.25, -0.2) is 9.59 Å². The molecule has 2 unspecified atom stereocenters. The minimum absolute atomic E-state index is 0.396. The van der Waals surface area contributed by atoms with Crippen molar-refractivity contribution in [3.05, 3.63) is 0 Å². The van der Waals surface area contributed by atoms with Crippen molar-refractivity contribution in [1.29, 1.82) is 0 Å². The second-order valence-electron chi connectivity index (χ2n) is 2.75. The van der Waals surface area contributed by atoms with E-state index in [9.17, 15) is 9.59 Å². The van der Waals surface area contributed by atoms with Crippen LogP contribution < -0.4 is 0 Å². The highest BCUT2D eigenvalue weighted by molar-refractivity contribution is 6.17. The van der Waals surface area contributed by atoms with Crippen LogP contribution in [0.25, 0.3) is 0 Å². The molecule has 2 atom stereocenters. The molecule has 0 bridgehead atoms. The van der Waals surface area contributed by atoms with E-state index in [-0.39, 0.29) is 0 Å². The molecule has 110 valence electrons. The number of aliphatic hydroxyl groups is 2. The predicted octanol–water partition coefficient (Wildman–Crippen LogP) is 1.42. The van der Waals surface area contributed by atoms with Crippen LogP contribution in [-0.2, 0) is 14.2 Å². The fourth-order valence-corrected chi connectivity index (χ4v) is 0.635. The van der Waals surface area contributed by atoms with Crippen molar-refractivity contribution >= 4 is 35.5 Å². The van der Waals surface area contributed by atoms with E-state index in [2.05, 4.69) is 26.1 Å². The Balaban J connectivity index is 0. The van der Waals surface area contributed by atoms with Crippen molar-refractivity contribution in [2.24, 2.45) is 0 Å². The molecular weight excluding hydrogens is 303 g/mol. The third-order valence-electron chi connectivity index (χ3n) is 1.01. The molecule has 0 saturated carbocycles. The van der Waals surface area contributed by atoms with Crippen LogP contribution in [0.2, 0.25) is 0 Å². The molecule has 0 aromatic carbocycles. The zero-order valence-corrected chi connectivity index (χ0v) is 11.8. The number of aliphatic hydroxyl groups excluding tert-OH is 2. The summed E-state index contributed by atoms with van der Waals surface area (Å²) in [5, 5.41) is 17.0. The molecule has 19 heavy (non-hydrogen) atoms. The zero-order valence-electron chi connectivity index (χ0n) is 10.3. The first-order chi connectivity index (χ1) is 8.83. The highest BCUT2D eigenvalue weighted by Crippen LogP contribution is 1.92. The molecule has 0 spiro atoms. The Morgan fingerprint density at radius 3 is 1.53 bits per heavy atom. The maximum absolute atomic E-state index is 10.3. The molecule has 0 saturated heterocycles. The van der Waals surface area contributed by atoms with E-state index in [1.54, 1.807) is 13.8 Å². The van der Waals surface area contributed by atoms with Gasteiger partial charge < -0.3 is 24.4 Å². The monoisotopic (exact) mass is 316 g/mol. The molecule has 0 amide bonds. The summed E-state index contributed by atoms with van der Waals surface area (Å²) in [5.74, 6) is 4.80. The Morgan fingerprint density at radius 1 is 1.00 bits per heavy atom. The Morgan fingerprint density at radius 2 is 1.32 bits per heavy atom. The number of hydrogen-bond donors (Lipinski definition) is 2. The van der Waals surface area contributed by atoms with Gasteiger partial charge in [-0.3, -0.25) is 0 Å². The van der Waals surface area contributed by atoms with E-state index in [4.69, 9.17) is 33.4 Å². The smallest absolute Gasteiger partial charge is 0.418 e. The third kappa shape index (κ3) is 19.3. The number of rotatable bonds is 2. The van der Waals surface area contributed by atoms with Gasteiger partial charge in [0, 0.05) is 0 Å². The molecular formula is C10H14Cl2O7. The maximum Gasteiger partial charge on any atom is 0.519 e. The first-order valence-corrected chi connectivity index (χ1v) is 5.90. The number of carbonyl (C=O) groups is 2. The number of alkyl halides is 2. The minimum Gasteiger partial charge on any atom is -0.418 e. The number of carbonyl (C=O) groups excluding carboxylic acids is 2. The van der Waals surface area contributed by atoms with E-state index < -0.39 is 36.7 Å². The van der Waals surface area contributed by atoms with Crippen LogP contribution in [0.5, 0.6) is 0 Å². The fourth-order valence-electron chi connectivity index (χ4n) is 0.457. The largest absolute Gasteiger partial charge is 0.519 e. The van der Waals surface area contributed by atoms with Crippen molar-refractivity contribution in [2.75, 3.05) is 12.1 Å². The lowest BCUT2D eigenvalue weighted by Crippen LogP contribution is -2.13. The highest BCUT2D eigenvalue weighted by atomic mass is 35.5. The van der Waals surface area contributed by atoms with Gasteiger partial charge in [0.1, 0.15) is 12.2 Å². The number of hydrogen-bond acceptors (Lipinski definition) is 7. The summed E-state index contributed by atoms with van der Waals surface area (Å²) < 4.78 is 11.9. The van der Waals surface area contributed by atoms with E-state index in [1.165, 1.54) is 0 Å². The van der Waals surface area contributed by atoms with Crippen LogP contribution >= 0.6 is 23.2 Å². The number of ether oxygens (including phenoxy) is 3. The minimum atomic E-state index is -1.23. The maximum atomic E-state index is 10.3. The zero-order chi connectivity index (χ0) is 15.3. The quantitative estimate of drug-likeness (QED) is 0.344. The van der Waals surface area contributed by atoms with Crippen molar-refractivity contribution in [3.8, 4) is 11.8 Å². The number of halogens is 2. The average Bonchev–Trinajstić information content (AvgIpc) is 2.27. The van der Waals surface area contributed by atoms with Crippen LogP contribution in [-0.4, -0.2) is 46.9 Å². The summed E-state index contributed by atoms with van der Waals surface area (Å²) in [7, 11) is 0. The molecule has 0 radical (unpaired) electrons. The average molecular weight is 317 g/mol. The molecule has 9 heteroatoms. The van der Waals surface area contributed by atoms with Crippen molar-refractivity contribution in [3.63, 3.8) is 0 Å². The van der Waals surface area contributed by atoms with Crippen molar-refractivity contribution < 1.29 is 34.0 Å². The van der Waals surface area contributed by atoms with Crippen LogP contribution in [0.3, 0.4) is 0 Å². The van der Waals surface area contributed by atoms with Gasteiger partial charge in [0.15, 0.2) is 12.1 Å². The standard InChI is InChI=1S/C6H10O2.C4H4Cl2O5/c1-5(7)3-4-6(2)8;5-1-9-3(7)11-4(8)10-2-6/h5-8H,1-2H3;1-2H2. The predicted molar refractivity (Wildman–Crippen MR) is 66.6 cm³/mol.